The minimum atomic E-state index is -0.0874. The molecule has 3 fully saturated rings. The highest BCUT2D eigenvalue weighted by atomic mass is 16.6. The molecule has 2 aliphatic heterocycles. The number of nitrogens with one attached hydrogen (secondary N) is 1. The minimum Gasteiger partial charge on any atom is -0.444 e. The molecule has 3 aliphatic rings. The largest absolute Gasteiger partial charge is 0.444 e. The van der Waals surface area contributed by atoms with E-state index < -0.39 is 0 Å². The first kappa shape index (κ1) is 8.53. The van der Waals surface area contributed by atoms with E-state index >= 15 is 0 Å². The molecule has 1 saturated carbocycles. The zero-order valence-corrected chi connectivity index (χ0v) is 8.24. The third-order valence-electron chi connectivity index (χ3n) is 3.43. The Hall–Kier alpha value is -0.770. The van der Waals surface area contributed by atoms with E-state index in [0.717, 1.165) is 32.0 Å². The Morgan fingerprint density at radius 1 is 1.43 bits per heavy atom. The standard InChI is InChI=1S/C10H16N2O2/c13-10-12(6-7-1-2-7)8-5-11-4-3-9(8)14-10/h7-9,11H,1-6H2. The van der Waals surface area contributed by atoms with E-state index in [-0.39, 0.29) is 12.2 Å². The number of carbonyl (C=O) groups excluding carboxylic acids is 1. The van der Waals surface area contributed by atoms with Crippen molar-refractivity contribution in [3.8, 4) is 0 Å². The lowest BCUT2D eigenvalue weighted by Gasteiger charge is -2.28. The monoisotopic (exact) mass is 196 g/mol. The van der Waals surface area contributed by atoms with Crippen molar-refractivity contribution in [3.63, 3.8) is 0 Å². The van der Waals surface area contributed by atoms with Crippen LogP contribution in [0.4, 0.5) is 4.79 Å². The molecule has 0 aromatic heterocycles. The van der Waals surface area contributed by atoms with E-state index in [4.69, 9.17) is 4.74 Å². The summed E-state index contributed by atoms with van der Waals surface area (Å²) in [6.07, 6.45) is 3.61. The number of nitrogens with zero attached hydrogens (tertiary/aromatic N) is 1. The molecule has 1 amide bonds. The van der Waals surface area contributed by atoms with Crippen molar-refractivity contribution in [1.29, 1.82) is 0 Å². The quantitative estimate of drug-likeness (QED) is 0.702. The van der Waals surface area contributed by atoms with Crippen LogP contribution in [-0.4, -0.2) is 42.8 Å². The molecule has 2 unspecified atom stereocenters. The Labute approximate surface area is 83.6 Å². The lowest BCUT2D eigenvalue weighted by molar-refractivity contribution is 0.117. The zero-order chi connectivity index (χ0) is 9.54. The van der Waals surface area contributed by atoms with Crippen LogP contribution in [0.25, 0.3) is 0 Å². The van der Waals surface area contributed by atoms with Gasteiger partial charge in [0.15, 0.2) is 0 Å². The molecule has 2 atom stereocenters. The Balaban J connectivity index is 1.70. The van der Waals surface area contributed by atoms with Gasteiger partial charge in [0.1, 0.15) is 6.10 Å². The highest BCUT2D eigenvalue weighted by molar-refractivity contribution is 5.71. The normalized spacial score (nSPS) is 36.9. The van der Waals surface area contributed by atoms with Crippen LogP contribution < -0.4 is 5.32 Å². The van der Waals surface area contributed by atoms with Gasteiger partial charge in [-0.25, -0.2) is 4.79 Å². The second-order valence-corrected chi connectivity index (χ2v) is 4.58. The first-order valence-electron chi connectivity index (χ1n) is 5.52. The fourth-order valence-electron chi connectivity index (χ4n) is 2.39. The average Bonchev–Trinajstić information content (AvgIpc) is 2.93. The Bertz CT molecular complexity index is 253. The number of carbonyl (C=O) groups is 1. The van der Waals surface area contributed by atoms with Gasteiger partial charge in [0.05, 0.1) is 6.04 Å². The summed E-state index contributed by atoms with van der Waals surface area (Å²) in [6, 6.07) is 0.303. The van der Waals surface area contributed by atoms with Crippen molar-refractivity contribution >= 4 is 6.09 Å². The molecule has 0 spiro atoms. The molecule has 0 radical (unpaired) electrons. The molecule has 14 heavy (non-hydrogen) atoms. The lowest BCUT2D eigenvalue weighted by Crippen LogP contribution is -2.49. The van der Waals surface area contributed by atoms with Gasteiger partial charge in [-0.2, -0.15) is 0 Å². The first-order valence-corrected chi connectivity index (χ1v) is 5.52. The predicted molar refractivity (Wildman–Crippen MR) is 51.0 cm³/mol. The van der Waals surface area contributed by atoms with Crippen molar-refractivity contribution in [1.82, 2.24) is 10.2 Å². The topological polar surface area (TPSA) is 41.6 Å². The fourth-order valence-corrected chi connectivity index (χ4v) is 2.39. The van der Waals surface area contributed by atoms with Crippen LogP contribution in [0.2, 0.25) is 0 Å². The van der Waals surface area contributed by atoms with Crippen LogP contribution in [-0.2, 0) is 4.74 Å². The van der Waals surface area contributed by atoms with E-state index in [1.54, 1.807) is 0 Å². The summed E-state index contributed by atoms with van der Waals surface area (Å²) in [5.41, 5.74) is 0. The third kappa shape index (κ3) is 1.38. The molecular weight excluding hydrogens is 180 g/mol. The van der Waals surface area contributed by atoms with E-state index in [1.165, 1.54) is 12.8 Å². The molecule has 2 saturated heterocycles. The second kappa shape index (κ2) is 3.12. The van der Waals surface area contributed by atoms with E-state index in [1.807, 2.05) is 4.90 Å². The van der Waals surface area contributed by atoms with Gasteiger partial charge in [-0.3, -0.25) is 4.90 Å². The summed E-state index contributed by atoms with van der Waals surface area (Å²) in [7, 11) is 0. The van der Waals surface area contributed by atoms with E-state index in [9.17, 15) is 4.79 Å². The van der Waals surface area contributed by atoms with Gasteiger partial charge in [-0.05, 0) is 31.7 Å². The van der Waals surface area contributed by atoms with Gasteiger partial charge in [0.25, 0.3) is 0 Å². The van der Waals surface area contributed by atoms with Gasteiger partial charge in [0, 0.05) is 13.1 Å². The molecule has 78 valence electrons. The Morgan fingerprint density at radius 3 is 3.07 bits per heavy atom. The maximum Gasteiger partial charge on any atom is 0.410 e. The van der Waals surface area contributed by atoms with Crippen molar-refractivity contribution in [2.24, 2.45) is 5.92 Å². The van der Waals surface area contributed by atoms with Crippen molar-refractivity contribution in [2.45, 2.75) is 31.4 Å². The first-order chi connectivity index (χ1) is 6.84. The molecular formula is C10H16N2O2. The van der Waals surface area contributed by atoms with Crippen molar-refractivity contribution in [3.05, 3.63) is 0 Å². The lowest BCUT2D eigenvalue weighted by atomic mass is 10.0. The molecule has 2 heterocycles. The number of hydrogen-bond donors (Lipinski definition) is 1. The number of hydrogen-bond acceptors (Lipinski definition) is 3. The molecule has 0 aromatic carbocycles. The van der Waals surface area contributed by atoms with Crippen molar-refractivity contribution in [2.75, 3.05) is 19.6 Å². The molecule has 3 rings (SSSR count). The highest BCUT2D eigenvalue weighted by Crippen LogP contribution is 2.33. The number of fused-ring (bicyclic) bond motifs is 1. The number of ether oxygens (including phenoxy) is 1. The minimum absolute atomic E-state index is 0.0874. The second-order valence-electron chi connectivity index (χ2n) is 4.58. The van der Waals surface area contributed by atoms with Gasteiger partial charge in [-0.15, -0.1) is 0 Å². The molecule has 1 N–H and O–H groups in total. The van der Waals surface area contributed by atoms with Crippen LogP contribution >= 0.6 is 0 Å². The van der Waals surface area contributed by atoms with Crippen LogP contribution in [0.5, 0.6) is 0 Å². The molecule has 1 aliphatic carbocycles. The maximum atomic E-state index is 11.6. The smallest absolute Gasteiger partial charge is 0.410 e. The molecule has 0 bridgehead atoms. The summed E-state index contributed by atoms with van der Waals surface area (Å²) < 4.78 is 5.35. The van der Waals surface area contributed by atoms with Gasteiger partial charge in [0.2, 0.25) is 0 Å². The summed E-state index contributed by atoms with van der Waals surface area (Å²) in [6.45, 7) is 2.80. The maximum absolute atomic E-state index is 11.6. The predicted octanol–water partition coefficient (Wildman–Crippen LogP) is 0.579. The average molecular weight is 196 g/mol. The van der Waals surface area contributed by atoms with Crippen LogP contribution in [0.15, 0.2) is 0 Å². The van der Waals surface area contributed by atoms with E-state index in [0.29, 0.717) is 6.04 Å². The van der Waals surface area contributed by atoms with Gasteiger partial charge >= 0.3 is 6.09 Å². The van der Waals surface area contributed by atoms with Gasteiger partial charge < -0.3 is 10.1 Å². The summed E-state index contributed by atoms with van der Waals surface area (Å²) in [4.78, 5) is 13.5. The Morgan fingerprint density at radius 2 is 2.29 bits per heavy atom. The molecule has 4 heteroatoms. The van der Waals surface area contributed by atoms with Crippen LogP contribution in [0, 0.1) is 5.92 Å². The van der Waals surface area contributed by atoms with E-state index in [2.05, 4.69) is 5.32 Å². The van der Waals surface area contributed by atoms with Crippen LogP contribution in [0.1, 0.15) is 19.3 Å². The number of amides is 1. The number of piperidine rings is 1. The van der Waals surface area contributed by atoms with Crippen LogP contribution in [0.3, 0.4) is 0 Å². The van der Waals surface area contributed by atoms with Gasteiger partial charge in [-0.1, -0.05) is 0 Å². The third-order valence-corrected chi connectivity index (χ3v) is 3.43. The summed E-state index contributed by atoms with van der Waals surface area (Å²) in [5, 5.41) is 3.33. The van der Waals surface area contributed by atoms with Crippen molar-refractivity contribution < 1.29 is 9.53 Å². The molecule has 0 aromatic rings. The SMILES string of the molecule is O=C1OC2CCNCC2N1CC1CC1. The molecule has 4 nitrogen and oxygen atoms in total. The summed E-state index contributed by atoms with van der Waals surface area (Å²) >= 11 is 0. The Kier molecular flexibility index (Phi) is 1.90. The summed E-state index contributed by atoms with van der Waals surface area (Å²) in [5.74, 6) is 0.753. The fraction of sp³-hybridized carbons (Fsp3) is 0.900. The number of rotatable bonds is 2. The highest BCUT2D eigenvalue weighted by Gasteiger charge is 2.44. The zero-order valence-electron chi connectivity index (χ0n) is 8.24.